The minimum Gasteiger partial charge on any atom is -0.507 e. The van der Waals surface area contributed by atoms with Crippen LogP contribution in [0.4, 0.5) is 0 Å². The lowest BCUT2D eigenvalue weighted by Crippen LogP contribution is -1.97. The van der Waals surface area contributed by atoms with Crippen LogP contribution in [0.25, 0.3) is 22.2 Å². The fourth-order valence-corrected chi connectivity index (χ4v) is 3.62. The molecular weight excluding hydrogens is 381 g/mol. The van der Waals surface area contributed by atoms with Crippen LogP contribution in [0.1, 0.15) is 10.4 Å². The lowest BCUT2D eigenvalue weighted by molar-refractivity contribution is 0.0694. The summed E-state index contributed by atoms with van der Waals surface area (Å²) in [5, 5.41) is 19.8. The molecule has 0 unspecified atom stereocenters. The third-order valence-electron chi connectivity index (χ3n) is 3.53. The third-order valence-corrected chi connectivity index (χ3v) is 4.62. The molecule has 0 aliphatic heterocycles. The second-order valence-electron chi connectivity index (χ2n) is 4.78. The van der Waals surface area contributed by atoms with Gasteiger partial charge in [0.15, 0.2) is 0 Å². The summed E-state index contributed by atoms with van der Waals surface area (Å²) in [6.07, 6.45) is 0. The molecule has 0 saturated carbocycles. The van der Waals surface area contributed by atoms with Crippen molar-refractivity contribution in [1.82, 2.24) is 4.57 Å². The highest BCUT2D eigenvalue weighted by atomic mass is 127. The maximum Gasteiger partial charge on any atom is 0.339 e. The van der Waals surface area contributed by atoms with Crippen molar-refractivity contribution < 1.29 is 15.0 Å². The fraction of sp³-hybridized carbons (Fsp3) is 0.0625. The number of carboxylic acid groups (broad SMARTS) is 1. The zero-order valence-corrected chi connectivity index (χ0v) is 13.3. The molecule has 106 valence electrons. The van der Waals surface area contributed by atoms with Gasteiger partial charge in [-0.15, -0.1) is 0 Å². The molecule has 3 rings (SSSR count). The van der Waals surface area contributed by atoms with Gasteiger partial charge in [0.1, 0.15) is 11.3 Å². The molecule has 0 amide bonds. The van der Waals surface area contributed by atoms with Gasteiger partial charge >= 0.3 is 5.97 Å². The summed E-state index contributed by atoms with van der Waals surface area (Å²) in [6.45, 7) is 0. The number of phenols is 1. The highest BCUT2D eigenvalue weighted by Gasteiger charge is 2.19. The quantitative estimate of drug-likeness (QED) is 0.651. The van der Waals surface area contributed by atoms with Crippen LogP contribution in [0.3, 0.4) is 0 Å². The molecule has 0 saturated heterocycles. The average molecular weight is 393 g/mol. The smallest absolute Gasteiger partial charge is 0.339 e. The maximum atomic E-state index is 11.2. The zero-order chi connectivity index (χ0) is 15.1. The first kappa shape index (κ1) is 13.9. The topological polar surface area (TPSA) is 62.5 Å². The number of aromatic nitrogens is 1. The number of aromatic hydroxyl groups is 1. The molecule has 1 heterocycles. The number of nitrogens with zero attached hydrogens (tertiary/aromatic N) is 1. The van der Waals surface area contributed by atoms with Gasteiger partial charge < -0.3 is 14.8 Å². The number of carboxylic acids is 1. The Kier molecular flexibility index (Phi) is 3.36. The van der Waals surface area contributed by atoms with E-state index in [0.29, 0.717) is 0 Å². The first-order chi connectivity index (χ1) is 10.0. The largest absolute Gasteiger partial charge is 0.507 e. The van der Waals surface area contributed by atoms with E-state index in [1.807, 2.05) is 41.9 Å². The molecule has 4 nitrogen and oxygen atoms in total. The van der Waals surface area contributed by atoms with Gasteiger partial charge in [-0.05, 0) is 34.2 Å². The second kappa shape index (κ2) is 5.07. The first-order valence-electron chi connectivity index (χ1n) is 6.30. The number of hydrogen-bond acceptors (Lipinski definition) is 2. The Bertz CT molecular complexity index is 853. The van der Waals surface area contributed by atoms with Gasteiger partial charge in [0.05, 0.1) is 11.2 Å². The third kappa shape index (κ3) is 2.17. The maximum absolute atomic E-state index is 11.2. The fourth-order valence-electron chi connectivity index (χ4n) is 2.51. The number of aromatic carboxylic acids is 1. The predicted octanol–water partition coefficient (Wildman–Crippen LogP) is 3.85. The van der Waals surface area contributed by atoms with Gasteiger partial charge in [-0.3, -0.25) is 0 Å². The van der Waals surface area contributed by atoms with Crippen molar-refractivity contribution in [3.05, 3.63) is 51.6 Å². The summed E-state index contributed by atoms with van der Waals surface area (Å²) >= 11 is 2.22. The molecule has 0 radical (unpaired) electrons. The zero-order valence-electron chi connectivity index (χ0n) is 11.2. The number of benzene rings is 2. The normalized spacial score (nSPS) is 11.0. The van der Waals surface area contributed by atoms with Crippen molar-refractivity contribution in [2.45, 2.75) is 0 Å². The molecule has 0 aliphatic rings. The van der Waals surface area contributed by atoms with Crippen LogP contribution in [-0.2, 0) is 7.05 Å². The Morgan fingerprint density at radius 2 is 1.86 bits per heavy atom. The van der Waals surface area contributed by atoms with Crippen LogP contribution in [0, 0.1) is 3.57 Å². The Labute approximate surface area is 134 Å². The van der Waals surface area contributed by atoms with Crippen molar-refractivity contribution in [3.8, 4) is 17.0 Å². The minimum atomic E-state index is -1.13. The van der Waals surface area contributed by atoms with Crippen LogP contribution in [0.5, 0.6) is 5.75 Å². The van der Waals surface area contributed by atoms with E-state index in [-0.39, 0.29) is 11.3 Å². The molecule has 0 aliphatic carbocycles. The van der Waals surface area contributed by atoms with Crippen molar-refractivity contribution in [2.24, 2.45) is 7.05 Å². The number of rotatable bonds is 2. The molecule has 3 aromatic rings. The SMILES string of the molecule is Cn1c(-c2ccccc2)c(I)c2cc(C(=O)O)c(O)cc21. The molecule has 1 aromatic heterocycles. The summed E-state index contributed by atoms with van der Waals surface area (Å²) in [5.74, 6) is -1.35. The number of carbonyl (C=O) groups is 1. The monoisotopic (exact) mass is 393 g/mol. The Hall–Kier alpha value is -2.02. The summed E-state index contributed by atoms with van der Waals surface area (Å²) in [4.78, 5) is 11.2. The lowest BCUT2D eigenvalue weighted by atomic mass is 10.1. The minimum absolute atomic E-state index is 0.0781. The molecule has 0 spiro atoms. The van der Waals surface area contributed by atoms with Crippen LogP contribution in [0.15, 0.2) is 42.5 Å². The molecule has 2 N–H and O–H groups in total. The van der Waals surface area contributed by atoms with Gasteiger partial charge in [0.25, 0.3) is 0 Å². The van der Waals surface area contributed by atoms with Crippen LogP contribution < -0.4 is 0 Å². The van der Waals surface area contributed by atoms with Crippen LogP contribution >= 0.6 is 22.6 Å². The van der Waals surface area contributed by atoms with Gasteiger partial charge in [-0.25, -0.2) is 4.79 Å². The van der Waals surface area contributed by atoms with Gasteiger partial charge in [-0.2, -0.15) is 0 Å². The predicted molar refractivity (Wildman–Crippen MR) is 89.7 cm³/mol. The number of fused-ring (bicyclic) bond motifs is 1. The molecule has 0 fully saturated rings. The number of aryl methyl sites for hydroxylation is 1. The van der Waals surface area contributed by atoms with Crippen molar-refractivity contribution >= 4 is 39.5 Å². The molecule has 2 aromatic carbocycles. The standard InChI is InChI=1S/C16H12INO3/c1-18-12-8-13(19)11(16(20)21)7-10(12)14(17)15(18)9-5-3-2-4-6-9/h2-8,19H,1H3,(H,20,21). The van der Waals surface area contributed by atoms with E-state index in [2.05, 4.69) is 22.6 Å². The van der Waals surface area contributed by atoms with Gasteiger partial charge in [0, 0.05) is 22.1 Å². The van der Waals surface area contributed by atoms with Gasteiger partial charge in [0.2, 0.25) is 0 Å². The Morgan fingerprint density at radius 3 is 2.48 bits per heavy atom. The highest BCUT2D eigenvalue weighted by Crippen LogP contribution is 2.36. The van der Waals surface area contributed by atoms with Crippen molar-refractivity contribution in [3.63, 3.8) is 0 Å². The summed E-state index contributed by atoms with van der Waals surface area (Å²) in [7, 11) is 1.91. The first-order valence-corrected chi connectivity index (χ1v) is 7.38. The van der Waals surface area contributed by atoms with Crippen LogP contribution in [-0.4, -0.2) is 20.7 Å². The molecule has 21 heavy (non-hydrogen) atoms. The van der Waals surface area contributed by atoms with E-state index >= 15 is 0 Å². The second-order valence-corrected chi connectivity index (χ2v) is 5.86. The van der Waals surface area contributed by atoms with Crippen molar-refractivity contribution in [1.29, 1.82) is 0 Å². The Morgan fingerprint density at radius 1 is 1.19 bits per heavy atom. The van der Waals surface area contributed by atoms with Gasteiger partial charge in [-0.1, -0.05) is 30.3 Å². The molecule has 0 atom stereocenters. The lowest BCUT2D eigenvalue weighted by Gasteiger charge is -2.05. The van der Waals surface area contributed by atoms with Crippen LogP contribution in [0.2, 0.25) is 0 Å². The van der Waals surface area contributed by atoms with E-state index in [1.54, 1.807) is 0 Å². The molecule has 5 heteroatoms. The van der Waals surface area contributed by atoms with E-state index < -0.39 is 5.97 Å². The number of hydrogen-bond donors (Lipinski definition) is 2. The molecule has 0 bridgehead atoms. The molecular formula is C16H12INO3. The summed E-state index contributed by atoms with van der Waals surface area (Å²) in [6, 6.07) is 12.9. The van der Waals surface area contributed by atoms with E-state index in [9.17, 15) is 9.90 Å². The van der Waals surface area contributed by atoms with Crippen molar-refractivity contribution in [2.75, 3.05) is 0 Å². The van der Waals surface area contributed by atoms with E-state index in [1.165, 1.54) is 12.1 Å². The summed E-state index contributed by atoms with van der Waals surface area (Å²) < 4.78 is 2.94. The summed E-state index contributed by atoms with van der Waals surface area (Å²) in [5.41, 5.74) is 2.79. The average Bonchev–Trinajstić information content (AvgIpc) is 2.70. The number of halogens is 1. The highest BCUT2D eigenvalue weighted by molar-refractivity contribution is 14.1. The Balaban J connectivity index is 2.37. The van der Waals surface area contributed by atoms with E-state index in [4.69, 9.17) is 5.11 Å². The van der Waals surface area contributed by atoms with E-state index in [0.717, 1.165) is 25.7 Å².